The first-order chi connectivity index (χ1) is 6.79. The zero-order valence-electron chi connectivity index (χ0n) is 7.73. The van der Waals surface area contributed by atoms with Gasteiger partial charge in [-0.3, -0.25) is 0 Å². The Morgan fingerprint density at radius 1 is 1.43 bits per heavy atom. The number of benzene rings is 1. The van der Waals surface area contributed by atoms with E-state index in [-0.39, 0.29) is 0 Å². The van der Waals surface area contributed by atoms with Crippen LogP contribution in [0.3, 0.4) is 0 Å². The van der Waals surface area contributed by atoms with Crippen LogP contribution in [0.5, 0.6) is 0 Å². The molecule has 0 unspecified atom stereocenters. The van der Waals surface area contributed by atoms with Gasteiger partial charge in [-0.25, -0.2) is 4.98 Å². The molecule has 1 aromatic heterocycles. The van der Waals surface area contributed by atoms with Crippen LogP contribution in [0.1, 0.15) is 0 Å². The zero-order chi connectivity index (χ0) is 9.97. The number of nitrogens with zero attached hydrogens (tertiary/aromatic N) is 1. The minimum atomic E-state index is 0.779. The molecule has 0 fully saturated rings. The number of hydrogen-bond acceptors (Lipinski definition) is 4. The number of rotatable bonds is 2. The molecule has 0 aliphatic carbocycles. The van der Waals surface area contributed by atoms with Crippen molar-refractivity contribution in [2.75, 3.05) is 12.0 Å². The van der Waals surface area contributed by atoms with Gasteiger partial charge >= 0.3 is 0 Å². The molecule has 2 nitrogen and oxygen atoms in total. The molecule has 1 heterocycles. The van der Waals surface area contributed by atoms with E-state index in [0.29, 0.717) is 0 Å². The lowest BCUT2D eigenvalue weighted by Crippen LogP contribution is -1.84. The molecule has 0 saturated heterocycles. The van der Waals surface area contributed by atoms with Crippen molar-refractivity contribution in [1.82, 2.24) is 4.98 Å². The molecule has 14 heavy (non-hydrogen) atoms. The third-order valence-electron chi connectivity index (χ3n) is 1.84. The number of hydrogen-bond donors (Lipinski definition) is 1. The number of aromatic nitrogens is 1. The van der Waals surface area contributed by atoms with E-state index >= 15 is 0 Å². The third-order valence-corrected chi connectivity index (χ3v) is 3.70. The Morgan fingerprint density at radius 2 is 2.29 bits per heavy atom. The Morgan fingerprint density at radius 3 is 2.93 bits per heavy atom. The monoisotopic (exact) mass is 222 g/mol. The van der Waals surface area contributed by atoms with Gasteiger partial charge < -0.3 is 5.73 Å². The van der Waals surface area contributed by atoms with E-state index in [1.165, 1.54) is 0 Å². The SMILES string of the molecule is CSc1nc(-c2cccc(N)c2)cs1. The molecule has 2 aromatic rings. The minimum Gasteiger partial charge on any atom is -0.399 e. The van der Waals surface area contributed by atoms with E-state index in [4.69, 9.17) is 5.73 Å². The van der Waals surface area contributed by atoms with Crippen LogP contribution in [0.15, 0.2) is 34.0 Å². The summed E-state index contributed by atoms with van der Waals surface area (Å²) in [5, 5.41) is 2.06. The summed E-state index contributed by atoms with van der Waals surface area (Å²) < 4.78 is 1.09. The van der Waals surface area contributed by atoms with Crippen LogP contribution < -0.4 is 5.73 Å². The number of anilines is 1. The first kappa shape index (κ1) is 9.55. The summed E-state index contributed by atoms with van der Waals surface area (Å²) >= 11 is 3.33. The molecule has 1 aromatic carbocycles. The summed E-state index contributed by atoms with van der Waals surface area (Å²) in [5.74, 6) is 0. The summed E-state index contributed by atoms with van der Waals surface area (Å²) in [4.78, 5) is 4.47. The maximum Gasteiger partial charge on any atom is 0.150 e. The second kappa shape index (κ2) is 4.02. The summed E-state index contributed by atoms with van der Waals surface area (Å²) in [5.41, 5.74) is 8.58. The largest absolute Gasteiger partial charge is 0.399 e. The van der Waals surface area contributed by atoms with Crippen LogP contribution in [0, 0.1) is 0 Å². The van der Waals surface area contributed by atoms with E-state index < -0.39 is 0 Å². The van der Waals surface area contributed by atoms with Crippen LogP contribution in [-0.4, -0.2) is 11.2 Å². The maximum atomic E-state index is 5.71. The van der Waals surface area contributed by atoms with Gasteiger partial charge in [-0.15, -0.1) is 11.3 Å². The fraction of sp³-hybridized carbons (Fsp3) is 0.100. The lowest BCUT2D eigenvalue weighted by Gasteiger charge is -1.97. The Hall–Kier alpha value is -1.000. The lowest BCUT2D eigenvalue weighted by molar-refractivity contribution is 1.26. The van der Waals surface area contributed by atoms with Gasteiger partial charge in [-0.05, 0) is 18.4 Å². The average Bonchev–Trinajstić information content (AvgIpc) is 2.66. The highest BCUT2D eigenvalue weighted by Crippen LogP contribution is 2.27. The van der Waals surface area contributed by atoms with E-state index in [1.807, 2.05) is 30.5 Å². The molecule has 0 aliphatic heterocycles. The van der Waals surface area contributed by atoms with E-state index in [0.717, 1.165) is 21.3 Å². The van der Waals surface area contributed by atoms with E-state index in [1.54, 1.807) is 23.1 Å². The van der Waals surface area contributed by atoms with Gasteiger partial charge in [-0.2, -0.15) is 0 Å². The zero-order valence-corrected chi connectivity index (χ0v) is 9.36. The minimum absolute atomic E-state index is 0.779. The molecule has 0 aliphatic rings. The Balaban J connectivity index is 2.39. The van der Waals surface area contributed by atoms with Crippen LogP contribution in [0.2, 0.25) is 0 Å². The quantitative estimate of drug-likeness (QED) is 0.627. The van der Waals surface area contributed by atoms with Crippen molar-refractivity contribution < 1.29 is 0 Å². The van der Waals surface area contributed by atoms with Gasteiger partial charge in [0.1, 0.15) is 4.34 Å². The van der Waals surface area contributed by atoms with Crippen LogP contribution in [0.25, 0.3) is 11.3 Å². The van der Waals surface area contributed by atoms with E-state index in [2.05, 4.69) is 10.4 Å². The predicted octanol–water partition coefficient (Wildman–Crippen LogP) is 3.11. The van der Waals surface area contributed by atoms with Crippen molar-refractivity contribution in [1.29, 1.82) is 0 Å². The molecule has 2 rings (SSSR count). The fourth-order valence-electron chi connectivity index (χ4n) is 1.18. The van der Waals surface area contributed by atoms with Gasteiger partial charge in [0.05, 0.1) is 5.69 Å². The molecule has 0 amide bonds. The standard InChI is InChI=1S/C10H10N2S2/c1-13-10-12-9(6-14-10)7-3-2-4-8(11)5-7/h2-6H,11H2,1H3. The highest BCUT2D eigenvalue weighted by molar-refractivity contribution is 8.00. The second-order valence-corrected chi connectivity index (χ2v) is 4.74. The molecular weight excluding hydrogens is 212 g/mol. The summed E-state index contributed by atoms with van der Waals surface area (Å²) in [6, 6.07) is 7.79. The van der Waals surface area contributed by atoms with Gasteiger partial charge in [0.15, 0.2) is 0 Å². The highest BCUT2D eigenvalue weighted by Gasteiger charge is 2.03. The molecule has 0 atom stereocenters. The van der Waals surface area contributed by atoms with E-state index in [9.17, 15) is 0 Å². The van der Waals surface area contributed by atoms with Gasteiger partial charge in [0.25, 0.3) is 0 Å². The summed E-state index contributed by atoms with van der Waals surface area (Å²) in [6.07, 6.45) is 2.03. The van der Waals surface area contributed by atoms with Crippen molar-refractivity contribution in [3.8, 4) is 11.3 Å². The van der Waals surface area contributed by atoms with Crippen LogP contribution in [0.4, 0.5) is 5.69 Å². The van der Waals surface area contributed by atoms with Crippen molar-refractivity contribution >= 4 is 28.8 Å². The predicted molar refractivity (Wildman–Crippen MR) is 63.7 cm³/mol. The van der Waals surface area contributed by atoms with Gasteiger partial charge in [-0.1, -0.05) is 23.9 Å². The van der Waals surface area contributed by atoms with Crippen molar-refractivity contribution in [2.45, 2.75) is 4.34 Å². The number of thiazole rings is 1. The Labute approximate surface area is 91.2 Å². The molecule has 2 N–H and O–H groups in total. The first-order valence-corrected chi connectivity index (χ1v) is 6.25. The first-order valence-electron chi connectivity index (χ1n) is 4.15. The number of nitrogens with two attached hydrogens (primary N) is 1. The van der Waals surface area contributed by atoms with Crippen LogP contribution >= 0.6 is 23.1 Å². The van der Waals surface area contributed by atoms with Gasteiger partial charge in [0, 0.05) is 16.6 Å². The molecule has 72 valence electrons. The number of nitrogen functional groups attached to an aromatic ring is 1. The van der Waals surface area contributed by atoms with Crippen molar-refractivity contribution in [2.24, 2.45) is 0 Å². The smallest absolute Gasteiger partial charge is 0.150 e. The fourth-order valence-corrected chi connectivity index (χ4v) is 2.45. The molecule has 0 radical (unpaired) electrons. The molecular formula is C10H10N2S2. The third kappa shape index (κ3) is 1.91. The topological polar surface area (TPSA) is 38.9 Å². The van der Waals surface area contributed by atoms with Gasteiger partial charge in [0.2, 0.25) is 0 Å². The Bertz CT molecular complexity index is 437. The highest BCUT2D eigenvalue weighted by atomic mass is 32.2. The molecule has 0 saturated carbocycles. The molecule has 0 spiro atoms. The second-order valence-electron chi connectivity index (χ2n) is 2.83. The van der Waals surface area contributed by atoms with Crippen molar-refractivity contribution in [3.63, 3.8) is 0 Å². The normalized spacial score (nSPS) is 10.4. The maximum absolute atomic E-state index is 5.71. The Kier molecular flexibility index (Phi) is 2.74. The van der Waals surface area contributed by atoms with Crippen molar-refractivity contribution in [3.05, 3.63) is 29.6 Å². The lowest BCUT2D eigenvalue weighted by atomic mass is 10.1. The average molecular weight is 222 g/mol. The molecule has 0 bridgehead atoms. The summed E-state index contributed by atoms with van der Waals surface area (Å²) in [6.45, 7) is 0. The van der Waals surface area contributed by atoms with Crippen LogP contribution in [-0.2, 0) is 0 Å². The molecule has 4 heteroatoms. The number of thioether (sulfide) groups is 1. The summed E-state index contributed by atoms with van der Waals surface area (Å²) in [7, 11) is 0.